The van der Waals surface area contributed by atoms with Gasteiger partial charge >= 0.3 is 5.97 Å². The van der Waals surface area contributed by atoms with E-state index in [2.05, 4.69) is 55.6 Å². The molecule has 1 aliphatic rings. The van der Waals surface area contributed by atoms with Gasteiger partial charge in [0, 0.05) is 12.8 Å². The van der Waals surface area contributed by atoms with E-state index in [0.29, 0.717) is 19.4 Å². The van der Waals surface area contributed by atoms with Crippen molar-refractivity contribution in [3.8, 4) is 0 Å². The summed E-state index contributed by atoms with van der Waals surface area (Å²) in [5, 5.41) is 54.6. The minimum absolute atomic E-state index is 0.00364. The van der Waals surface area contributed by atoms with Crippen LogP contribution in [0.4, 0.5) is 0 Å². The van der Waals surface area contributed by atoms with Gasteiger partial charge in [0.2, 0.25) is 5.91 Å². The molecule has 0 spiro atoms. The first-order valence-electron chi connectivity index (χ1n) is 39.4. The second-order valence-corrected chi connectivity index (χ2v) is 27.4. The molecule has 0 radical (unpaired) electrons. The first kappa shape index (κ1) is 86.6. The van der Waals surface area contributed by atoms with E-state index in [1.54, 1.807) is 6.08 Å². The lowest BCUT2D eigenvalue weighted by atomic mass is 9.99. The van der Waals surface area contributed by atoms with E-state index in [-0.39, 0.29) is 18.5 Å². The van der Waals surface area contributed by atoms with E-state index in [4.69, 9.17) is 14.2 Å². The molecule has 11 heteroatoms. The number of ether oxygens (including phenoxy) is 3. The first-order valence-corrected chi connectivity index (χ1v) is 39.4. The number of hydrogen-bond acceptors (Lipinski definition) is 10. The molecule has 0 saturated carbocycles. The van der Waals surface area contributed by atoms with Crippen molar-refractivity contribution in [2.75, 3.05) is 19.8 Å². The monoisotopic (exact) mass is 1280 g/mol. The zero-order chi connectivity index (χ0) is 65.8. The van der Waals surface area contributed by atoms with Crippen molar-refractivity contribution < 1.29 is 49.3 Å². The van der Waals surface area contributed by atoms with Crippen LogP contribution < -0.4 is 5.32 Å². The molecule has 1 amide bonds. The summed E-state index contributed by atoms with van der Waals surface area (Å²) < 4.78 is 16.7. The summed E-state index contributed by atoms with van der Waals surface area (Å²) in [5.41, 5.74) is 0. The normalized spacial score (nSPS) is 17.8. The summed E-state index contributed by atoms with van der Waals surface area (Å²) in [4.78, 5) is 25.1. The third-order valence-electron chi connectivity index (χ3n) is 18.7. The standard InChI is InChI=1S/C80H149NO10/c1-3-5-7-9-11-13-15-43-47-50-54-58-62-66-73(83)72(71-90-80-79(88)78(87)77(86)74(70-82)91-80)81-75(84)67-63-59-55-51-48-44-41-39-37-35-33-31-29-27-25-23-21-19-17-16-18-20-22-24-26-28-30-32-34-36-38-40-42-45-49-53-57-61-65-69-89-76(85)68-64-60-56-52-46-14-12-10-8-6-4-2/h10,12,16-17,20,22,62,66,72-74,77-80,82-83,86-88H,3-9,11,13-15,18-19,21,23-61,63-65,67-71H2,1-2H3,(H,81,84)/b12-10-,17-16-,22-20-,66-62+. The van der Waals surface area contributed by atoms with Crippen molar-refractivity contribution in [2.45, 2.75) is 429 Å². The average molecular weight is 1290 g/mol. The number of esters is 1. The van der Waals surface area contributed by atoms with E-state index >= 15 is 0 Å². The molecule has 0 aromatic carbocycles. The fraction of sp³-hybridized carbons (Fsp3) is 0.875. The van der Waals surface area contributed by atoms with Gasteiger partial charge in [0.25, 0.3) is 0 Å². The fourth-order valence-corrected chi connectivity index (χ4v) is 12.5. The van der Waals surface area contributed by atoms with Gasteiger partial charge in [-0.15, -0.1) is 0 Å². The summed E-state index contributed by atoms with van der Waals surface area (Å²) in [6.07, 6.45) is 81.4. The van der Waals surface area contributed by atoms with Crippen LogP contribution in [0.1, 0.15) is 386 Å². The molecule has 1 rings (SSSR count). The van der Waals surface area contributed by atoms with Crippen molar-refractivity contribution in [3.05, 3.63) is 48.6 Å². The Labute approximate surface area is 561 Å². The summed E-state index contributed by atoms with van der Waals surface area (Å²) in [7, 11) is 0. The second-order valence-electron chi connectivity index (χ2n) is 27.4. The summed E-state index contributed by atoms with van der Waals surface area (Å²) >= 11 is 0. The van der Waals surface area contributed by atoms with Gasteiger partial charge in [-0.1, -0.05) is 339 Å². The van der Waals surface area contributed by atoms with Gasteiger partial charge in [0.1, 0.15) is 24.4 Å². The molecular formula is C80H149NO10. The van der Waals surface area contributed by atoms with Gasteiger partial charge < -0.3 is 45.1 Å². The summed E-state index contributed by atoms with van der Waals surface area (Å²) in [5.74, 6) is -0.173. The number of aliphatic hydroxyl groups excluding tert-OH is 5. The van der Waals surface area contributed by atoms with Gasteiger partial charge in [0.15, 0.2) is 6.29 Å². The highest BCUT2D eigenvalue weighted by Crippen LogP contribution is 2.24. The Kier molecular flexibility index (Phi) is 65.7. The lowest BCUT2D eigenvalue weighted by Crippen LogP contribution is -2.60. The molecule has 7 unspecified atom stereocenters. The molecule has 6 N–H and O–H groups in total. The van der Waals surface area contributed by atoms with E-state index in [1.807, 2.05) is 6.08 Å². The van der Waals surface area contributed by atoms with Gasteiger partial charge in [0.05, 0.1) is 32.0 Å². The molecule has 0 bridgehead atoms. The Balaban J connectivity index is 1.92. The molecule has 1 saturated heterocycles. The van der Waals surface area contributed by atoms with Crippen molar-refractivity contribution in [3.63, 3.8) is 0 Å². The van der Waals surface area contributed by atoms with Gasteiger partial charge in [-0.25, -0.2) is 0 Å². The number of carbonyl (C=O) groups is 2. The molecule has 7 atom stereocenters. The Hall–Kier alpha value is -2.38. The van der Waals surface area contributed by atoms with Crippen LogP contribution in [0.2, 0.25) is 0 Å². The molecule has 1 aliphatic heterocycles. The number of rotatable bonds is 70. The molecule has 1 heterocycles. The zero-order valence-electron chi connectivity index (χ0n) is 59.6. The Morgan fingerprint density at radius 1 is 0.407 bits per heavy atom. The SMILES string of the molecule is CCCC/C=C\CCCCCCCC(=O)OCCCCCCCCCCCCCCCCC/C=C\C/C=C\CCCCCCCCCCCCCCCCCCCC(=O)NC(COC1OC(CO)C(O)C(O)C1O)C(O)/C=C/CCCCCCCCCCCCC. The van der Waals surface area contributed by atoms with Crippen molar-refractivity contribution in [1.82, 2.24) is 5.32 Å². The molecule has 0 aliphatic carbocycles. The van der Waals surface area contributed by atoms with Crippen LogP contribution in [0.3, 0.4) is 0 Å². The van der Waals surface area contributed by atoms with Crippen LogP contribution >= 0.6 is 0 Å². The highest BCUT2D eigenvalue weighted by Gasteiger charge is 2.44. The topological polar surface area (TPSA) is 175 Å². The van der Waals surface area contributed by atoms with Gasteiger partial charge in [-0.05, 0) is 83.5 Å². The second kappa shape index (κ2) is 69.0. The van der Waals surface area contributed by atoms with Crippen LogP contribution in [-0.2, 0) is 23.8 Å². The maximum Gasteiger partial charge on any atom is 0.305 e. The predicted octanol–water partition coefficient (Wildman–Crippen LogP) is 21.1. The Morgan fingerprint density at radius 2 is 0.747 bits per heavy atom. The number of amides is 1. The van der Waals surface area contributed by atoms with E-state index in [9.17, 15) is 35.1 Å². The maximum absolute atomic E-state index is 13.1. The molecule has 0 aromatic rings. The van der Waals surface area contributed by atoms with Crippen LogP contribution in [0, 0.1) is 0 Å². The lowest BCUT2D eigenvalue weighted by Gasteiger charge is -2.40. The molecule has 0 aromatic heterocycles. The molecule has 1 fully saturated rings. The molecule has 11 nitrogen and oxygen atoms in total. The van der Waals surface area contributed by atoms with Crippen molar-refractivity contribution >= 4 is 11.9 Å². The predicted molar refractivity (Wildman–Crippen MR) is 384 cm³/mol. The van der Waals surface area contributed by atoms with Crippen LogP contribution in [0.15, 0.2) is 48.6 Å². The number of carbonyl (C=O) groups excluding carboxylic acids is 2. The third kappa shape index (κ3) is 57.6. The first-order chi connectivity index (χ1) is 44.7. The highest BCUT2D eigenvalue weighted by molar-refractivity contribution is 5.76. The van der Waals surface area contributed by atoms with E-state index in [0.717, 1.165) is 64.2 Å². The number of allylic oxidation sites excluding steroid dienone is 7. The maximum atomic E-state index is 13.1. The largest absolute Gasteiger partial charge is 0.466 e. The molecule has 534 valence electrons. The zero-order valence-corrected chi connectivity index (χ0v) is 59.6. The van der Waals surface area contributed by atoms with E-state index < -0.39 is 49.5 Å². The van der Waals surface area contributed by atoms with Crippen molar-refractivity contribution in [2.24, 2.45) is 0 Å². The number of hydrogen-bond donors (Lipinski definition) is 6. The van der Waals surface area contributed by atoms with Gasteiger partial charge in [-0.3, -0.25) is 9.59 Å². The van der Waals surface area contributed by atoms with Crippen LogP contribution in [0.5, 0.6) is 0 Å². The molecular weight excluding hydrogens is 1130 g/mol. The lowest BCUT2D eigenvalue weighted by molar-refractivity contribution is -0.302. The third-order valence-corrected chi connectivity index (χ3v) is 18.7. The number of unbranched alkanes of at least 4 members (excludes halogenated alkanes) is 50. The van der Waals surface area contributed by atoms with Gasteiger partial charge in [-0.2, -0.15) is 0 Å². The Bertz CT molecular complexity index is 1650. The fourth-order valence-electron chi connectivity index (χ4n) is 12.5. The van der Waals surface area contributed by atoms with E-state index in [1.165, 1.54) is 295 Å². The smallest absolute Gasteiger partial charge is 0.305 e. The number of nitrogens with one attached hydrogen (secondary N) is 1. The minimum Gasteiger partial charge on any atom is -0.466 e. The average Bonchev–Trinajstić information content (AvgIpc) is 1.18. The van der Waals surface area contributed by atoms with Crippen LogP contribution in [-0.4, -0.2) is 100 Å². The molecule has 91 heavy (non-hydrogen) atoms. The summed E-state index contributed by atoms with van der Waals surface area (Å²) in [6, 6.07) is -0.808. The Morgan fingerprint density at radius 3 is 1.15 bits per heavy atom. The summed E-state index contributed by atoms with van der Waals surface area (Å²) in [6.45, 7) is 4.35. The quantitative estimate of drug-likeness (QED) is 0.0195. The van der Waals surface area contributed by atoms with Crippen LogP contribution in [0.25, 0.3) is 0 Å². The number of aliphatic hydroxyl groups is 5. The van der Waals surface area contributed by atoms with Crippen molar-refractivity contribution in [1.29, 1.82) is 0 Å². The highest BCUT2D eigenvalue weighted by atomic mass is 16.7. The minimum atomic E-state index is -1.57.